The monoisotopic (exact) mass is 316 g/mol. The molecule has 0 aliphatic carbocycles. The second-order valence-electron chi connectivity index (χ2n) is 4.95. The SMILES string of the molecule is CCOc1ccc(Cc2c(C(=O)O)sc3ncc(C)n23)cc1. The molecule has 0 radical (unpaired) electrons. The van der Waals surface area contributed by atoms with Crippen molar-refractivity contribution in [1.82, 2.24) is 9.38 Å². The average Bonchev–Trinajstić information content (AvgIpc) is 3.03. The van der Waals surface area contributed by atoms with E-state index in [0.717, 1.165) is 27.7 Å². The first kappa shape index (κ1) is 14.6. The summed E-state index contributed by atoms with van der Waals surface area (Å²) in [5, 5.41) is 9.42. The van der Waals surface area contributed by atoms with Gasteiger partial charge in [0.25, 0.3) is 0 Å². The largest absolute Gasteiger partial charge is 0.494 e. The Morgan fingerprint density at radius 1 is 1.36 bits per heavy atom. The van der Waals surface area contributed by atoms with Crippen LogP contribution in [0.15, 0.2) is 30.5 Å². The van der Waals surface area contributed by atoms with Gasteiger partial charge in [0.15, 0.2) is 4.96 Å². The van der Waals surface area contributed by atoms with Gasteiger partial charge in [-0.2, -0.15) is 0 Å². The van der Waals surface area contributed by atoms with Crippen LogP contribution in [-0.4, -0.2) is 27.1 Å². The molecule has 0 amide bonds. The van der Waals surface area contributed by atoms with E-state index in [9.17, 15) is 9.90 Å². The molecule has 0 atom stereocenters. The number of carbonyl (C=O) groups is 1. The molecule has 22 heavy (non-hydrogen) atoms. The van der Waals surface area contributed by atoms with Crippen LogP contribution < -0.4 is 4.74 Å². The molecule has 5 nitrogen and oxygen atoms in total. The molecule has 114 valence electrons. The number of rotatable bonds is 5. The Morgan fingerprint density at radius 3 is 2.73 bits per heavy atom. The van der Waals surface area contributed by atoms with Gasteiger partial charge in [0.2, 0.25) is 0 Å². The highest BCUT2D eigenvalue weighted by Gasteiger charge is 2.20. The number of benzene rings is 1. The lowest BCUT2D eigenvalue weighted by Gasteiger charge is -2.06. The van der Waals surface area contributed by atoms with Crippen molar-refractivity contribution in [2.75, 3.05) is 6.61 Å². The summed E-state index contributed by atoms with van der Waals surface area (Å²) in [5.74, 6) is -0.0881. The van der Waals surface area contributed by atoms with Crippen molar-refractivity contribution in [2.24, 2.45) is 0 Å². The van der Waals surface area contributed by atoms with Crippen LogP contribution in [0.25, 0.3) is 4.96 Å². The van der Waals surface area contributed by atoms with Crippen molar-refractivity contribution in [3.8, 4) is 5.75 Å². The number of thiazole rings is 1. The predicted octanol–water partition coefficient (Wildman–Crippen LogP) is 3.39. The van der Waals surface area contributed by atoms with Crippen LogP contribution in [0.3, 0.4) is 0 Å². The van der Waals surface area contributed by atoms with E-state index >= 15 is 0 Å². The maximum Gasteiger partial charge on any atom is 0.347 e. The highest BCUT2D eigenvalue weighted by atomic mass is 32.1. The second-order valence-corrected chi connectivity index (χ2v) is 5.93. The molecule has 0 fully saturated rings. The molecule has 0 aliphatic heterocycles. The number of nitrogens with zero attached hydrogens (tertiary/aromatic N) is 2. The lowest BCUT2D eigenvalue weighted by molar-refractivity contribution is 0.0700. The molecule has 0 bridgehead atoms. The number of ether oxygens (including phenoxy) is 1. The van der Waals surface area contributed by atoms with Crippen LogP contribution in [0.1, 0.15) is 33.5 Å². The third-order valence-corrected chi connectivity index (χ3v) is 4.52. The number of aryl methyl sites for hydroxylation is 1. The summed E-state index contributed by atoms with van der Waals surface area (Å²) < 4.78 is 7.35. The van der Waals surface area contributed by atoms with Crippen molar-refractivity contribution in [1.29, 1.82) is 0 Å². The van der Waals surface area contributed by atoms with Gasteiger partial charge in [-0.25, -0.2) is 9.78 Å². The zero-order valence-electron chi connectivity index (χ0n) is 12.4. The number of aromatic carboxylic acids is 1. The van der Waals surface area contributed by atoms with Crippen molar-refractivity contribution in [3.05, 3.63) is 52.3 Å². The zero-order chi connectivity index (χ0) is 15.7. The van der Waals surface area contributed by atoms with Crippen LogP contribution in [0.5, 0.6) is 5.75 Å². The predicted molar refractivity (Wildman–Crippen MR) is 85.2 cm³/mol. The molecule has 2 heterocycles. The Kier molecular flexibility index (Phi) is 3.85. The third kappa shape index (κ3) is 2.57. The lowest BCUT2D eigenvalue weighted by Crippen LogP contribution is -2.03. The Morgan fingerprint density at radius 2 is 2.09 bits per heavy atom. The minimum absolute atomic E-state index is 0.347. The van der Waals surface area contributed by atoms with Gasteiger partial charge in [-0.05, 0) is 31.5 Å². The van der Waals surface area contributed by atoms with Crippen molar-refractivity contribution < 1.29 is 14.6 Å². The summed E-state index contributed by atoms with van der Waals surface area (Å²) >= 11 is 1.21. The van der Waals surface area contributed by atoms with E-state index in [1.807, 2.05) is 42.5 Å². The summed E-state index contributed by atoms with van der Waals surface area (Å²) in [4.78, 5) is 16.8. The van der Waals surface area contributed by atoms with Gasteiger partial charge in [0.05, 0.1) is 12.3 Å². The summed E-state index contributed by atoms with van der Waals surface area (Å²) in [6, 6.07) is 7.74. The molecular formula is C16H16N2O3S. The molecule has 0 unspecified atom stereocenters. The summed E-state index contributed by atoms with van der Waals surface area (Å²) in [7, 11) is 0. The van der Waals surface area contributed by atoms with Crippen molar-refractivity contribution >= 4 is 22.3 Å². The average molecular weight is 316 g/mol. The standard InChI is InChI=1S/C16H16N2O3S/c1-3-21-12-6-4-11(5-7-12)8-13-14(15(19)20)22-16-17-9-10(2)18(13)16/h4-7,9H,3,8H2,1-2H3,(H,19,20). The molecule has 1 aromatic carbocycles. The van der Waals surface area contributed by atoms with Crippen molar-refractivity contribution in [2.45, 2.75) is 20.3 Å². The quantitative estimate of drug-likeness (QED) is 0.783. The van der Waals surface area contributed by atoms with E-state index in [1.54, 1.807) is 6.20 Å². The smallest absolute Gasteiger partial charge is 0.347 e. The molecule has 0 spiro atoms. The fraction of sp³-hybridized carbons (Fsp3) is 0.250. The van der Waals surface area contributed by atoms with E-state index < -0.39 is 5.97 Å². The van der Waals surface area contributed by atoms with E-state index in [-0.39, 0.29) is 0 Å². The summed E-state index contributed by atoms with van der Waals surface area (Å²) in [5.41, 5.74) is 2.75. The van der Waals surface area contributed by atoms with E-state index in [2.05, 4.69) is 4.98 Å². The molecular weight excluding hydrogens is 300 g/mol. The number of fused-ring (bicyclic) bond motifs is 1. The maximum absolute atomic E-state index is 11.5. The summed E-state index contributed by atoms with van der Waals surface area (Å²) in [6.45, 7) is 4.50. The van der Waals surface area contributed by atoms with E-state index in [4.69, 9.17) is 4.74 Å². The topological polar surface area (TPSA) is 63.8 Å². The maximum atomic E-state index is 11.5. The first-order valence-corrected chi connectivity index (χ1v) is 7.82. The molecule has 3 aromatic rings. The number of carboxylic acids is 1. The Hall–Kier alpha value is -2.34. The van der Waals surface area contributed by atoms with Gasteiger partial charge in [0.1, 0.15) is 10.6 Å². The number of carboxylic acid groups (broad SMARTS) is 1. The fourth-order valence-corrected chi connectivity index (χ4v) is 3.46. The molecule has 6 heteroatoms. The van der Waals surface area contributed by atoms with Crippen LogP contribution in [0, 0.1) is 6.92 Å². The van der Waals surface area contributed by atoms with E-state index in [1.165, 1.54) is 11.3 Å². The van der Waals surface area contributed by atoms with Gasteiger partial charge in [0, 0.05) is 18.3 Å². The van der Waals surface area contributed by atoms with Crippen LogP contribution >= 0.6 is 11.3 Å². The molecule has 0 saturated carbocycles. The number of hydrogen-bond donors (Lipinski definition) is 1. The highest BCUT2D eigenvalue weighted by Crippen LogP contribution is 2.27. The number of aromatic nitrogens is 2. The zero-order valence-corrected chi connectivity index (χ0v) is 13.2. The Labute approximate surface area is 131 Å². The number of hydrogen-bond acceptors (Lipinski definition) is 4. The summed E-state index contributed by atoms with van der Waals surface area (Å²) in [6.07, 6.45) is 2.31. The molecule has 0 saturated heterocycles. The molecule has 3 rings (SSSR count). The molecule has 1 N–H and O–H groups in total. The number of imidazole rings is 1. The highest BCUT2D eigenvalue weighted by molar-refractivity contribution is 7.19. The minimum atomic E-state index is -0.907. The molecule has 0 aliphatic rings. The Bertz CT molecular complexity index is 818. The van der Waals surface area contributed by atoms with Gasteiger partial charge in [-0.15, -0.1) is 0 Å². The first-order valence-electron chi connectivity index (χ1n) is 7.01. The molecule has 2 aromatic heterocycles. The first-order chi connectivity index (χ1) is 10.6. The van der Waals surface area contributed by atoms with Gasteiger partial charge in [-0.3, -0.25) is 4.40 Å². The van der Waals surface area contributed by atoms with Crippen molar-refractivity contribution in [3.63, 3.8) is 0 Å². The minimum Gasteiger partial charge on any atom is -0.494 e. The normalized spacial score (nSPS) is 11.0. The van der Waals surface area contributed by atoms with E-state index in [0.29, 0.717) is 17.9 Å². The van der Waals surface area contributed by atoms with Gasteiger partial charge < -0.3 is 9.84 Å². The lowest BCUT2D eigenvalue weighted by atomic mass is 10.1. The van der Waals surface area contributed by atoms with Gasteiger partial charge in [-0.1, -0.05) is 23.5 Å². The van der Waals surface area contributed by atoms with Crippen LogP contribution in [0.2, 0.25) is 0 Å². The fourth-order valence-electron chi connectivity index (χ4n) is 2.46. The van der Waals surface area contributed by atoms with Gasteiger partial charge >= 0.3 is 5.97 Å². The third-order valence-electron chi connectivity index (χ3n) is 3.43. The Balaban J connectivity index is 2.00. The van der Waals surface area contributed by atoms with Crippen LogP contribution in [-0.2, 0) is 6.42 Å². The second kappa shape index (κ2) is 5.81. The van der Waals surface area contributed by atoms with Crippen LogP contribution in [0.4, 0.5) is 0 Å².